The maximum Gasteiger partial charge on any atom is 0.0481 e. The molecule has 2 aliphatic heterocycles. The lowest BCUT2D eigenvalue weighted by molar-refractivity contribution is 0.0861. The molecule has 8 heteroatoms. The molecule has 0 spiro atoms. The molecule has 0 bridgehead atoms. The highest BCUT2D eigenvalue weighted by Crippen LogP contribution is 2.26. The van der Waals surface area contributed by atoms with Crippen LogP contribution in [0.25, 0.3) is 0 Å². The minimum atomic E-state index is -0.223. The van der Waals surface area contributed by atoms with Gasteiger partial charge in [-0.05, 0) is 31.6 Å². The highest BCUT2D eigenvalue weighted by molar-refractivity contribution is 4.91. The Bertz CT molecular complexity index is 306. The Morgan fingerprint density at radius 1 is 0.538 bits per heavy atom. The van der Waals surface area contributed by atoms with E-state index in [0.29, 0.717) is 24.4 Å². The van der Waals surface area contributed by atoms with Crippen LogP contribution in [0.1, 0.15) is 25.7 Å². The molecule has 8 nitrogen and oxygen atoms in total. The van der Waals surface area contributed by atoms with Gasteiger partial charge in [-0.1, -0.05) is 0 Å². The molecule has 0 aromatic heterocycles. The van der Waals surface area contributed by atoms with Gasteiger partial charge in [0.15, 0.2) is 0 Å². The number of hydrogen-bond donors (Lipinski definition) is 8. The molecule has 156 valence electrons. The summed E-state index contributed by atoms with van der Waals surface area (Å²) < 4.78 is 0. The van der Waals surface area contributed by atoms with Crippen molar-refractivity contribution in [1.82, 2.24) is 10.6 Å². The van der Waals surface area contributed by atoms with Crippen LogP contribution in [0.15, 0.2) is 0 Å². The predicted molar refractivity (Wildman–Crippen MR) is 98.5 cm³/mol. The molecule has 0 aromatic carbocycles. The van der Waals surface area contributed by atoms with Gasteiger partial charge in [-0.15, -0.1) is 0 Å². The van der Waals surface area contributed by atoms with E-state index < -0.39 is 0 Å². The molecule has 2 aliphatic rings. The fraction of sp³-hybridized carbons (Fsp3) is 1.00. The first kappa shape index (κ1) is 23.7. The van der Waals surface area contributed by atoms with Gasteiger partial charge in [-0.3, -0.25) is 0 Å². The molecule has 0 aliphatic carbocycles. The highest BCUT2D eigenvalue weighted by Gasteiger charge is 2.30. The van der Waals surface area contributed by atoms with Crippen molar-refractivity contribution in [3.63, 3.8) is 0 Å². The molecule has 0 radical (unpaired) electrons. The van der Waals surface area contributed by atoms with Gasteiger partial charge in [0.2, 0.25) is 0 Å². The van der Waals surface area contributed by atoms with Crippen molar-refractivity contribution in [3.8, 4) is 0 Å². The molecule has 8 N–H and O–H groups in total. The van der Waals surface area contributed by atoms with Crippen molar-refractivity contribution < 1.29 is 30.6 Å². The Labute approximate surface area is 156 Å². The maximum atomic E-state index is 9.08. The largest absolute Gasteiger partial charge is 0.396 e. The molecule has 2 atom stereocenters. The summed E-state index contributed by atoms with van der Waals surface area (Å²) in [6, 6.07) is 1.40. The third kappa shape index (κ3) is 10.7. The summed E-state index contributed by atoms with van der Waals surface area (Å²) in [6.07, 6.45) is 3.83. The topological polar surface area (TPSA) is 165 Å². The molecular formula is C18H38N2O6. The fourth-order valence-electron chi connectivity index (χ4n) is 3.16. The van der Waals surface area contributed by atoms with Gasteiger partial charge in [0, 0.05) is 82.6 Å². The molecule has 0 amide bonds. The van der Waals surface area contributed by atoms with Gasteiger partial charge < -0.3 is 41.3 Å². The summed E-state index contributed by atoms with van der Waals surface area (Å²) in [5.41, 5.74) is 0. The van der Waals surface area contributed by atoms with E-state index in [2.05, 4.69) is 10.6 Å². The predicted octanol–water partition coefficient (Wildman–Crippen LogP) is -2.10. The van der Waals surface area contributed by atoms with Crippen molar-refractivity contribution in [2.75, 3.05) is 52.7 Å². The van der Waals surface area contributed by atoms with Crippen LogP contribution in [0, 0.1) is 23.7 Å². The number of hydrogen-bond acceptors (Lipinski definition) is 8. The number of rotatable bonds is 14. The van der Waals surface area contributed by atoms with Crippen molar-refractivity contribution in [2.24, 2.45) is 23.7 Å². The summed E-state index contributed by atoms with van der Waals surface area (Å²) in [5.74, 6) is 0.278. The SMILES string of the molecule is OCC(CO)CC(CC1CN1)CC1CN1.OCC(CO)CC(CO)CO. The normalized spacial score (nSPS) is 22.5. The van der Waals surface area contributed by atoms with E-state index in [-0.39, 0.29) is 57.4 Å². The van der Waals surface area contributed by atoms with Gasteiger partial charge in [-0.25, -0.2) is 0 Å². The van der Waals surface area contributed by atoms with Gasteiger partial charge in [-0.2, -0.15) is 0 Å². The summed E-state index contributed by atoms with van der Waals surface area (Å²) in [5, 5.41) is 59.4. The summed E-state index contributed by atoms with van der Waals surface area (Å²) >= 11 is 0. The first-order valence-corrected chi connectivity index (χ1v) is 9.71. The van der Waals surface area contributed by atoms with E-state index >= 15 is 0 Å². The third-order valence-corrected chi connectivity index (χ3v) is 5.10. The van der Waals surface area contributed by atoms with Crippen molar-refractivity contribution >= 4 is 0 Å². The lowest BCUT2D eigenvalue weighted by atomic mass is 9.88. The number of nitrogens with one attached hydrogen (secondary N) is 2. The zero-order valence-corrected chi connectivity index (χ0v) is 15.6. The molecule has 2 heterocycles. The van der Waals surface area contributed by atoms with Crippen LogP contribution in [0.4, 0.5) is 0 Å². The highest BCUT2D eigenvalue weighted by atomic mass is 16.3. The Hall–Kier alpha value is -0.320. The quantitative estimate of drug-likeness (QED) is 0.159. The van der Waals surface area contributed by atoms with Gasteiger partial charge >= 0.3 is 0 Å². The van der Waals surface area contributed by atoms with Crippen LogP contribution in [0.3, 0.4) is 0 Å². The van der Waals surface area contributed by atoms with Crippen molar-refractivity contribution in [2.45, 2.75) is 37.8 Å². The van der Waals surface area contributed by atoms with E-state index in [4.69, 9.17) is 30.6 Å². The average molecular weight is 379 g/mol. The molecule has 2 fully saturated rings. The Kier molecular flexibility index (Phi) is 12.6. The first-order chi connectivity index (χ1) is 12.6. The summed E-state index contributed by atoms with van der Waals surface area (Å²) in [7, 11) is 0. The summed E-state index contributed by atoms with van der Waals surface area (Å²) in [4.78, 5) is 0. The molecular weight excluding hydrogens is 340 g/mol. The fourth-order valence-corrected chi connectivity index (χ4v) is 3.16. The number of aliphatic hydroxyl groups excluding tert-OH is 6. The Morgan fingerprint density at radius 2 is 0.808 bits per heavy atom. The van der Waals surface area contributed by atoms with E-state index in [0.717, 1.165) is 19.5 Å². The minimum Gasteiger partial charge on any atom is -0.396 e. The lowest BCUT2D eigenvalue weighted by Gasteiger charge is -2.20. The smallest absolute Gasteiger partial charge is 0.0481 e. The van der Waals surface area contributed by atoms with Crippen LogP contribution < -0.4 is 10.6 Å². The van der Waals surface area contributed by atoms with Crippen molar-refractivity contribution in [1.29, 1.82) is 0 Å². The summed E-state index contributed by atoms with van der Waals surface area (Å²) in [6.45, 7) is 2.11. The standard InChI is InChI=1S/C11H22N2O2.C7H16O4/c14-6-9(7-15)1-8(2-10-4-12-10)3-11-5-13-11;8-2-6(3-9)1-7(4-10)5-11/h8-15H,1-7H2;6-11H,1-5H2. The minimum absolute atomic E-state index is 0.0764. The van der Waals surface area contributed by atoms with Crippen LogP contribution >= 0.6 is 0 Å². The van der Waals surface area contributed by atoms with Crippen molar-refractivity contribution in [3.05, 3.63) is 0 Å². The van der Waals surface area contributed by atoms with Gasteiger partial charge in [0.05, 0.1) is 0 Å². The average Bonchev–Trinajstić information content (AvgIpc) is 3.58. The van der Waals surface area contributed by atoms with E-state index in [1.54, 1.807) is 0 Å². The molecule has 2 rings (SSSR count). The maximum absolute atomic E-state index is 9.08. The van der Waals surface area contributed by atoms with Crippen LogP contribution in [0.2, 0.25) is 0 Å². The Morgan fingerprint density at radius 3 is 1.04 bits per heavy atom. The van der Waals surface area contributed by atoms with E-state index in [9.17, 15) is 0 Å². The zero-order valence-electron chi connectivity index (χ0n) is 15.6. The third-order valence-electron chi connectivity index (χ3n) is 5.10. The lowest BCUT2D eigenvalue weighted by Crippen LogP contribution is -2.20. The molecule has 0 saturated carbocycles. The Balaban J connectivity index is 0.000000276. The van der Waals surface area contributed by atoms with E-state index in [1.165, 1.54) is 12.8 Å². The second kappa shape index (κ2) is 13.8. The first-order valence-electron chi connectivity index (χ1n) is 9.71. The van der Waals surface area contributed by atoms with Gasteiger partial charge in [0.1, 0.15) is 0 Å². The molecule has 2 unspecified atom stereocenters. The molecule has 2 saturated heterocycles. The van der Waals surface area contributed by atoms with Crippen LogP contribution in [-0.2, 0) is 0 Å². The second-order valence-electron chi connectivity index (χ2n) is 7.71. The number of aliphatic hydroxyl groups is 6. The van der Waals surface area contributed by atoms with Crippen LogP contribution in [0.5, 0.6) is 0 Å². The molecule has 26 heavy (non-hydrogen) atoms. The van der Waals surface area contributed by atoms with Crippen LogP contribution in [-0.4, -0.2) is 95.5 Å². The van der Waals surface area contributed by atoms with Gasteiger partial charge in [0.25, 0.3) is 0 Å². The second-order valence-corrected chi connectivity index (χ2v) is 7.71. The van der Waals surface area contributed by atoms with E-state index in [1.807, 2.05) is 0 Å². The molecule has 0 aromatic rings. The zero-order chi connectivity index (χ0) is 19.4. The monoisotopic (exact) mass is 378 g/mol.